The zero-order chi connectivity index (χ0) is 49.6. The van der Waals surface area contributed by atoms with Gasteiger partial charge in [0, 0.05) is 6.42 Å². The largest absolute Gasteiger partial charge is 0.493 e. The summed E-state index contributed by atoms with van der Waals surface area (Å²) in [7, 11) is 2.49. The number of hydrogen-bond acceptors (Lipinski definition) is 9. The maximum atomic E-state index is 14.5. The van der Waals surface area contributed by atoms with Crippen LogP contribution >= 0.6 is 0 Å². The third-order valence-electron chi connectivity index (χ3n) is 10.5. The van der Waals surface area contributed by atoms with Crippen molar-refractivity contribution in [3.8, 4) is 17.2 Å². The summed E-state index contributed by atoms with van der Waals surface area (Å²) in [6.45, 7) is -1.29. The number of halogens is 13. The molecule has 4 aromatic rings. The van der Waals surface area contributed by atoms with Gasteiger partial charge in [0.25, 0.3) is 0 Å². The van der Waals surface area contributed by atoms with Crippen LogP contribution in [0.2, 0.25) is 0 Å². The Bertz CT molecular complexity index is 2210. The van der Waals surface area contributed by atoms with Gasteiger partial charge in [0.2, 0.25) is 12.0 Å². The number of carboxylic acid groups (broad SMARTS) is 1. The standard InChI is InChI=1S/C44H41F13O10/c1-61-30-19-29(37(59)60)20-31(62-2)33(30)67-38-36(65-23-27-11-7-4-8-12-27)35(64-22-26-9-5-3-6-10-26)34(32(21-58)66-38)63-24-28-15-13-25(14-16-28)17-18-39(45,46)40(47,48)41(49,50)42(51,52)43(53,54)44(55,56)57/h3-16,19-20,32,34-36,38,58H,17-18,21-24H2,1-2H3,(H,59,60)/t32-,34-,35+,36-,38+/m1/s1. The van der Waals surface area contributed by atoms with Crippen molar-refractivity contribution in [1.29, 1.82) is 0 Å². The second-order valence-corrected chi connectivity index (χ2v) is 15.0. The minimum absolute atomic E-state index is 0.0742. The molecule has 0 spiro atoms. The molecule has 23 heteroatoms. The molecule has 4 aromatic carbocycles. The van der Waals surface area contributed by atoms with Crippen molar-refractivity contribution in [1.82, 2.24) is 0 Å². The normalized spacial score (nSPS) is 19.8. The van der Waals surface area contributed by atoms with Crippen LogP contribution < -0.4 is 14.2 Å². The summed E-state index contributed by atoms with van der Waals surface area (Å²) in [4.78, 5) is 11.8. The number of aliphatic hydroxyl groups is 1. The lowest BCUT2D eigenvalue weighted by Gasteiger charge is -2.45. The summed E-state index contributed by atoms with van der Waals surface area (Å²) in [6.07, 6.45) is -17.6. The molecule has 5 rings (SSSR count). The van der Waals surface area contributed by atoms with E-state index in [1.807, 2.05) is 0 Å². The Kier molecular flexibility index (Phi) is 16.4. The van der Waals surface area contributed by atoms with Crippen LogP contribution in [0.4, 0.5) is 57.1 Å². The molecule has 0 saturated carbocycles. The van der Waals surface area contributed by atoms with E-state index in [9.17, 15) is 72.1 Å². The highest BCUT2D eigenvalue weighted by Crippen LogP contribution is 2.60. The first-order valence-electron chi connectivity index (χ1n) is 19.7. The Balaban J connectivity index is 1.41. The minimum Gasteiger partial charge on any atom is -0.493 e. The van der Waals surface area contributed by atoms with Crippen LogP contribution in [-0.4, -0.2) is 104 Å². The van der Waals surface area contributed by atoms with Gasteiger partial charge in [-0.05, 0) is 40.8 Å². The Hall–Kier alpha value is -5.36. The molecule has 1 fully saturated rings. The average Bonchev–Trinajstić information content (AvgIpc) is 3.29. The number of aryl methyl sites for hydroxylation is 1. The van der Waals surface area contributed by atoms with Crippen molar-refractivity contribution < 1.29 is 105 Å². The van der Waals surface area contributed by atoms with Crippen molar-refractivity contribution >= 4 is 5.97 Å². The first kappa shape index (κ1) is 52.6. The van der Waals surface area contributed by atoms with Crippen LogP contribution in [0.5, 0.6) is 17.2 Å². The second-order valence-electron chi connectivity index (χ2n) is 15.0. The van der Waals surface area contributed by atoms with Crippen LogP contribution in [0.15, 0.2) is 97.1 Å². The van der Waals surface area contributed by atoms with E-state index in [1.165, 1.54) is 38.5 Å². The molecule has 1 heterocycles. The first-order valence-corrected chi connectivity index (χ1v) is 19.7. The summed E-state index contributed by atoms with van der Waals surface area (Å²) < 4.78 is 220. The maximum Gasteiger partial charge on any atom is 0.460 e. The molecule has 0 aromatic heterocycles. The predicted molar refractivity (Wildman–Crippen MR) is 207 cm³/mol. The fourth-order valence-corrected chi connectivity index (χ4v) is 6.71. The average molecular weight is 977 g/mol. The van der Waals surface area contributed by atoms with Crippen LogP contribution in [0.1, 0.15) is 39.0 Å². The zero-order valence-corrected chi connectivity index (χ0v) is 34.9. The number of ether oxygens (including phenoxy) is 7. The number of carboxylic acids is 1. The lowest BCUT2D eigenvalue weighted by molar-refractivity contribution is -0.440. The fourth-order valence-electron chi connectivity index (χ4n) is 6.71. The van der Waals surface area contributed by atoms with Gasteiger partial charge in [-0.15, -0.1) is 0 Å². The van der Waals surface area contributed by atoms with E-state index in [-0.39, 0.29) is 47.2 Å². The highest BCUT2D eigenvalue weighted by Gasteiger charge is 2.90. The topological polar surface area (TPSA) is 122 Å². The number of benzene rings is 4. The van der Waals surface area contributed by atoms with Crippen molar-refractivity contribution in [2.75, 3.05) is 20.8 Å². The number of hydrogen-bond donors (Lipinski definition) is 2. The van der Waals surface area contributed by atoms with Crippen LogP contribution in [0, 0.1) is 0 Å². The maximum absolute atomic E-state index is 14.5. The highest BCUT2D eigenvalue weighted by molar-refractivity contribution is 5.89. The summed E-state index contributed by atoms with van der Waals surface area (Å²) >= 11 is 0. The van der Waals surface area contributed by atoms with Gasteiger partial charge >= 0.3 is 41.8 Å². The third-order valence-corrected chi connectivity index (χ3v) is 10.5. The van der Waals surface area contributed by atoms with Crippen molar-refractivity contribution in [3.05, 3.63) is 125 Å². The Morgan fingerprint density at radius 2 is 1.01 bits per heavy atom. The van der Waals surface area contributed by atoms with Crippen molar-refractivity contribution in [2.45, 2.75) is 99.2 Å². The number of aromatic carboxylic acids is 1. The smallest absolute Gasteiger partial charge is 0.460 e. The first-order chi connectivity index (χ1) is 31.3. The summed E-state index contributed by atoms with van der Waals surface area (Å²) in [5, 5.41) is 20.3. The van der Waals surface area contributed by atoms with E-state index in [2.05, 4.69) is 0 Å². The van der Waals surface area contributed by atoms with E-state index in [0.717, 1.165) is 12.1 Å². The number of aliphatic hydroxyl groups excluding tert-OH is 1. The second kappa shape index (κ2) is 20.9. The lowest BCUT2D eigenvalue weighted by Crippen LogP contribution is -2.70. The molecule has 0 unspecified atom stereocenters. The molecule has 368 valence electrons. The molecular weight excluding hydrogens is 935 g/mol. The Morgan fingerprint density at radius 1 is 0.582 bits per heavy atom. The molecule has 1 saturated heterocycles. The Morgan fingerprint density at radius 3 is 1.46 bits per heavy atom. The molecule has 0 aliphatic carbocycles. The lowest BCUT2D eigenvalue weighted by atomic mass is 9.91. The molecular formula is C44H41F13O10. The predicted octanol–water partition coefficient (Wildman–Crippen LogP) is 9.93. The number of alkyl halides is 13. The molecule has 0 radical (unpaired) electrons. The van der Waals surface area contributed by atoms with Gasteiger partial charge in [0.15, 0.2) is 11.5 Å². The highest BCUT2D eigenvalue weighted by atomic mass is 19.4. The van der Waals surface area contributed by atoms with Gasteiger partial charge in [-0.1, -0.05) is 84.9 Å². The summed E-state index contributed by atoms with van der Waals surface area (Å²) in [5.74, 6) is -38.9. The molecule has 67 heavy (non-hydrogen) atoms. The molecule has 0 amide bonds. The van der Waals surface area contributed by atoms with E-state index >= 15 is 0 Å². The van der Waals surface area contributed by atoms with E-state index in [0.29, 0.717) is 11.1 Å². The van der Waals surface area contributed by atoms with Gasteiger partial charge in [0.05, 0.1) is 46.2 Å². The van der Waals surface area contributed by atoms with Gasteiger partial charge < -0.3 is 43.4 Å². The number of carbonyl (C=O) groups is 1. The molecule has 10 nitrogen and oxygen atoms in total. The van der Waals surface area contributed by atoms with Crippen molar-refractivity contribution in [2.24, 2.45) is 0 Å². The molecule has 1 aliphatic heterocycles. The Labute approximate surface area is 373 Å². The zero-order valence-electron chi connectivity index (χ0n) is 34.9. The number of rotatable bonds is 22. The van der Waals surface area contributed by atoms with Gasteiger partial charge in [-0.25, -0.2) is 4.79 Å². The summed E-state index contributed by atoms with van der Waals surface area (Å²) in [5.41, 5.74) is 1.04. The summed E-state index contributed by atoms with van der Waals surface area (Å²) in [6, 6.07) is 24.2. The van der Waals surface area contributed by atoms with Crippen molar-refractivity contribution in [3.63, 3.8) is 0 Å². The molecule has 0 bridgehead atoms. The van der Waals surface area contributed by atoms with Gasteiger partial charge in [0.1, 0.15) is 24.4 Å². The molecule has 2 N–H and O–H groups in total. The third kappa shape index (κ3) is 11.2. The van der Waals surface area contributed by atoms with Crippen LogP contribution in [-0.2, 0) is 45.2 Å². The van der Waals surface area contributed by atoms with E-state index in [4.69, 9.17) is 33.2 Å². The number of methoxy groups -OCH3 is 2. The van der Waals surface area contributed by atoms with Crippen LogP contribution in [0.25, 0.3) is 0 Å². The monoisotopic (exact) mass is 976 g/mol. The molecule has 5 atom stereocenters. The van der Waals surface area contributed by atoms with Gasteiger partial charge in [-0.2, -0.15) is 57.1 Å². The van der Waals surface area contributed by atoms with E-state index in [1.54, 1.807) is 60.7 Å². The van der Waals surface area contributed by atoms with Crippen LogP contribution in [0.3, 0.4) is 0 Å². The fraction of sp³-hybridized carbons (Fsp3) is 0.432. The molecule has 1 aliphatic rings. The van der Waals surface area contributed by atoms with E-state index < -0.39 is 98.5 Å². The van der Waals surface area contributed by atoms with Gasteiger partial charge in [-0.3, -0.25) is 0 Å². The minimum atomic E-state index is -7.99. The SMILES string of the molecule is COc1cc(C(=O)O)cc(OC)c1O[C@@H]1O[C@H](CO)[C@@H](OCc2ccc(CCC(F)(F)C(F)(F)C(F)(F)C(F)(F)C(F)(F)C(F)(F)F)cc2)[C@H](OCc2ccccc2)[C@H]1OCc1ccccc1. The quantitative estimate of drug-likeness (QED) is 0.0737.